The summed E-state index contributed by atoms with van der Waals surface area (Å²) in [6.45, 7) is 1.52. The van der Waals surface area contributed by atoms with Gasteiger partial charge in [-0.05, 0) is 42.0 Å². The Morgan fingerprint density at radius 3 is 2.25 bits per heavy atom. The Morgan fingerprint density at radius 2 is 1.67 bits per heavy atom. The van der Waals surface area contributed by atoms with E-state index < -0.39 is 27.8 Å². The number of aliphatic hydroxyl groups is 1. The second-order valence-corrected chi connectivity index (χ2v) is 10.2. The molecule has 0 aliphatic carbocycles. The summed E-state index contributed by atoms with van der Waals surface area (Å²) in [6.07, 6.45) is 0. The average molecular weight is 517 g/mol. The van der Waals surface area contributed by atoms with Crippen LogP contribution in [0.25, 0.3) is 5.76 Å². The number of Topliss-reactive ketones (excluding diaryl/α,β-unsaturated/α-hetero) is 1. The highest BCUT2D eigenvalue weighted by molar-refractivity contribution is 7.89. The molecule has 10 nitrogen and oxygen atoms in total. The Balaban J connectivity index is 1.73. The quantitative estimate of drug-likeness (QED) is 0.320. The van der Waals surface area contributed by atoms with E-state index in [1.165, 1.54) is 47.7 Å². The predicted molar refractivity (Wildman–Crippen MR) is 130 cm³/mol. The Morgan fingerprint density at radius 1 is 1.03 bits per heavy atom. The van der Waals surface area contributed by atoms with Crippen LogP contribution in [0.1, 0.15) is 17.2 Å². The van der Waals surface area contributed by atoms with Gasteiger partial charge in [-0.25, -0.2) is 8.42 Å². The Kier molecular flexibility index (Phi) is 7.74. The maximum atomic E-state index is 13.0. The van der Waals surface area contributed by atoms with Crippen LogP contribution in [0.4, 0.5) is 0 Å². The predicted octanol–water partition coefficient (Wildman–Crippen LogP) is 1.78. The van der Waals surface area contributed by atoms with Crippen molar-refractivity contribution in [2.75, 3.05) is 53.7 Å². The lowest BCUT2D eigenvalue weighted by atomic mass is 9.95. The molecule has 2 aromatic carbocycles. The Labute approximate surface area is 209 Å². The molecule has 2 fully saturated rings. The lowest BCUT2D eigenvalue weighted by Crippen LogP contribution is -2.40. The molecular formula is C25H28N2O8S. The van der Waals surface area contributed by atoms with Gasteiger partial charge in [-0.3, -0.25) is 9.59 Å². The van der Waals surface area contributed by atoms with E-state index in [1.807, 2.05) is 0 Å². The van der Waals surface area contributed by atoms with Gasteiger partial charge in [0.1, 0.15) is 11.5 Å². The molecule has 4 rings (SSSR count). The largest absolute Gasteiger partial charge is 0.507 e. The third kappa shape index (κ3) is 4.87. The summed E-state index contributed by atoms with van der Waals surface area (Å²) in [5.74, 6) is -1.36. The number of aliphatic hydroxyl groups excluding tert-OH is 1. The number of carbonyl (C=O) groups is 2. The van der Waals surface area contributed by atoms with Crippen molar-refractivity contribution < 1.29 is 37.3 Å². The molecule has 2 aromatic rings. The van der Waals surface area contributed by atoms with Gasteiger partial charge in [-0.15, -0.1) is 0 Å². The number of likely N-dealkylation sites (tertiary alicyclic amines) is 1. The second kappa shape index (κ2) is 10.8. The first-order valence-corrected chi connectivity index (χ1v) is 12.8. The minimum atomic E-state index is -3.72. The summed E-state index contributed by atoms with van der Waals surface area (Å²) in [5, 5.41) is 11.2. The molecule has 0 saturated carbocycles. The van der Waals surface area contributed by atoms with E-state index in [1.54, 1.807) is 24.3 Å². The van der Waals surface area contributed by atoms with Crippen molar-refractivity contribution in [2.24, 2.45) is 0 Å². The molecule has 2 aliphatic rings. The fraction of sp³-hybridized carbons (Fsp3) is 0.360. The number of morpholine rings is 1. The van der Waals surface area contributed by atoms with E-state index >= 15 is 0 Å². The Hall–Kier alpha value is -3.25. The van der Waals surface area contributed by atoms with Crippen molar-refractivity contribution in [1.82, 2.24) is 9.21 Å². The summed E-state index contributed by atoms with van der Waals surface area (Å²) in [4.78, 5) is 27.3. The number of ketones is 1. The van der Waals surface area contributed by atoms with Crippen LogP contribution in [0.3, 0.4) is 0 Å². The highest BCUT2D eigenvalue weighted by atomic mass is 32.2. The minimum Gasteiger partial charge on any atom is -0.507 e. The van der Waals surface area contributed by atoms with Crippen molar-refractivity contribution in [3.05, 3.63) is 65.2 Å². The highest BCUT2D eigenvalue weighted by Crippen LogP contribution is 2.39. The first-order chi connectivity index (χ1) is 17.3. The zero-order valence-electron chi connectivity index (χ0n) is 20.0. The first-order valence-electron chi connectivity index (χ1n) is 11.4. The standard InChI is InChI=1S/C25H28N2O8S/c1-33-14-13-27-22(17-3-7-19(34-2)8-4-17)21(24(29)25(27)30)23(28)18-5-9-20(10-6-18)36(31,32)26-11-15-35-16-12-26/h3-10,22,28H,11-16H2,1-2H3/t22-/m0/s1. The number of hydrogen-bond acceptors (Lipinski definition) is 8. The zero-order chi connectivity index (χ0) is 25.9. The molecule has 192 valence electrons. The molecular weight excluding hydrogens is 488 g/mol. The number of rotatable bonds is 8. The second-order valence-electron chi connectivity index (χ2n) is 8.30. The monoisotopic (exact) mass is 516 g/mol. The maximum absolute atomic E-state index is 13.0. The normalized spacial score (nSPS) is 20.6. The van der Waals surface area contributed by atoms with E-state index in [0.29, 0.717) is 24.5 Å². The van der Waals surface area contributed by atoms with Gasteiger partial charge >= 0.3 is 0 Å². The van der Waals surface area contributed by atoms with Gasteiger partial charge < -0.3 is 24.2 Å². The molecule has 2 aliphatic heterocycles. The van der Waals surface area contributed by atoms with E-state index in [-0.39, 0.29) is 48.0 Å². The van der Waals surface area contributed by atoms with E-state index in [2.05, 4.69) is 0 Å². The summed E-state index contributed by atoms with van der Waals surface area (Å²) < 4.78 is 42.7. The highest BCUT2D eigenvalue weighted by Gasteiger charge is 2.45. The van der Waals surface area contributed by atoms with Gasteiger partial charge in [0.2, 0.25) is 10.0 Å². The molecule has 1 atom stereocenters. The van der Waals surface area contributed by atoms with Crippen molar-refractivity contribution in [3.63, 3.8) is 0 Å². The van der Waals surface area contributed by atoms with Gasteiger partial charge in [0.05, 0.1) is 43.4 Å². The lowest BCUT2D eigenvalue weighted by molar-refractivity contribution is -0.140. The number of methoxy groups -OCH3 is 2. The lowest BCUT2D eigenvalue weighted by Gasteiger charge is -2.26. The molecule has 36 heavy (non-hydrogen) atoms. The van der Waals surface area contributed by atoms with Crippen LogP contribution in [0, 0.1) is 0 Å². The summed E-state index contributed by atoms with van der Waals surface area (Å²) in [6, 6.07) is 11.6. The molecule has 0 spiro atoms. The van der Waals surface area contributed by atoms with Gasteiger partial charge in [0.15, 0.2) is 0 Å². The molecule has 2 heterocycles. The number of hydrogen-bond donors (Lipinski definition) is 1. The van der Waals surface area contributed by atoms with Crippen LogP contribution in [-0.4, -0.2) is 88.1 Å². The minimum absolute atomic E-state index is 0.0631. The van der Waals surface area contributed by atoms with Crippen LogP contribution in [-0.2, 0) is 29.1 Å². The molecule has 1 amide bonds. The van der Waals surface area contributed by atoms with Gasteiger partial charge in [0.25, 0.3) is 11.7 Å². The van der Waals surface area contributed by atoms with Crippen LogP contribution >= 0.6 is 0 Å². The van der Waals surface area contributed by atoms with Crippen LogP contribution in [0.15, 0.2) is 59.0 Å². The number of ether oxygens (including phenoxy) is 3. The van der Waals surface area contributed by atoms with Crippen molar-refractivity contribution in [2.45, 2.75) is 10.9 Å². The number of amides is 1. The maximum Gasteiger partial charge on any atom is 0.295 e. The zero-order valence-corrected chi connectivity index (χ0v) is 20.9. The van der Waals surface area contributed by atoms with E-state index in [9.17, 15) is 23.1 Å². The number of carbonyl (C=O) groups excluding carboxylic acids is 2. The van der Waals surface area contributed by atoms with Gasteiger partial charge in [-0.1, -0.05) is 12.1 Å². The van der Waals surface area contributed by atoms with E-state index in [0.717, 1.165) is 0 Å². The molecule has 2 saturated heterocycles. The summed E-state index contributed by atoms with van der Waals surface area (Å²) >= 11 is 0. The fourth-order valence-corrected chi connectivity index (χ4v) is 5.72. The first kappa shape index (κ1) is 25.8. The molecule has 0 aromatic heterocycles. The summed E-state index contributed by atoms with van der Waals surface area (Å²) in [5.41, 5.74) is 0.753. The van der Waals surface area contributed by atoms with Crippen LogP contribution in [0.2, 0.25) is 0 Å². The Bertz CT molecular complexity index is 1250. The van der Waals surface area contributed by atoms with Crippen LogP contribution in [0.5, 0.6) is 5.75 Å². The number of benzene rings is 2. The van der Waals surface area contributed by atoms with E-state index in [4.69, 9.17) is 14.2 Å². The molecule has 0 radical (unpaired) electrons. The molecule has 11 heteroatoms. The van der Waals surface area contributed by atoms with Crippen molar-refractivity contribution >= 4 is 27.5 Å². The van der Waals surface area contributed by atoms with Gasteiger partial charge in [-0.2, -0.15) is 4.31 Å². The van der Waals surface area contributed by atoms with Crippen molar-refractivity contribution in [1.29, 1.82) is 0 Å². The summed E-state index contributed by atoms with van der Waals surface area (Å²) in [7, 11) is -0.700. The van der Waals surface area contributed by atoms with Crippen molar-refractivity contribution in [3.8, 4) is 5.75 Å². The third-order valence-corrected chi connectivity index (χ3v) is 8.16. The number of sulfonamides is 1. The third-order valence-electron chi connectivity index (χ3n) is 6.24. The SMILES string of the molecule is COCCN1C(=O)C(=O)C(=C(O)c2ccc(S(=O)(=O)N3CCOCC3)cc2)[C@@H]1c1ccc(OC)cc1. The van der Waals surface area contributed by atoms with Gasteiger partial charge in [0, 0.05) is 32.3 Å². The molecule has 1 N–H and O–H groups in total. The molecule has 0 unspecified atom stereocenters. The average Bonchev–Trinajstić information content (AvgIpc) is 3.17. The number of nitrogens with zero attached hydrogens (tertiary/aromatic N) is 2. The topological polar surface area (TPSA) is 123 Å². The van der Waals surface area contributed by atoms with Crippen LogP contribution < -0.4 is 4.74 Å². The molecule has 0 bridgehead atoms. The smallest absolute Gasteiger partial charge is 0.295 e. The fourth-order valence-electron chi connectivity index (χ4n) is 4.31.